The van der Waals surface area contributed by atoms with Crippen LogP contribution in [0.3, 0.4) is 0 Å². The SMILES string of the molecule is O=C(c1cc2ccccc2o1)N1CCC[C@@]2(CCC[C@H]2O)C1. The van der Waals surface area contributed by atoms with Crippen molar-refractivity contribution in [3.8, 4) is 0 Å². The van der Waals surface area contributed by atoms with Crippen molar-refractivity contribution in [2.24, 2.45) is 5.41 Å². The normalized spacial score (nSPS) is 28.6. The first-order valence-corrected chi connectivity index (χ1v) is 8.14. The Hall–Kier alpha value is -1.81. The van der Waals surface area contributed by atoms with E-state index in [4.69, 9.17) is 4.42 Å². The zero-order valence-electron chi connectivity index (χ0n) is 12.6. The van der Waals surface area contributed by atoms with E-state index in [2.05, 4.69) is 0 Å². The molecule has 4 rings (SSSR count). The van der Waals surface area contributed by atoms with Crippen LogP contribution in [0.2, 0.25) is 0 Å². The predicted molar refractivity (Wildman–Crippen MR) is 83.6 cm³/mol. The lowest BCUT2D eigenvalue weighted by molar-refractivity contribution is -0.00627. The lowest BCUT2D eigenvalue weighted by Gasteiger charge is -2.42. The van der Waals surface area contributed by atoms with Crippen LogP contribution in [0, 0.1) is 5.41 Å². The van der Waals surface area contributed by atoms with Crippen LogP contribution >= 0.6 is 0 Å². The van der Waals surface area contributed by atoms with Crippen molar-refractivity contribution in [2.75, 3.05) is 13.1 Å². The molecule has 116 valence electrons. The Morgan fingerprint density at radius 2 is 2.09 bits per heavy atom. The number of fused-ring (bicyclic) bond motifs is 1. The lowest BCUT2D eigenvalue weighted by atomic mass is 9.76. The first-order chi connectivity index (χ1) is 10.7. The highest BCUT2D eigenvalue weighted by Gasteiger charge is 2.45. The van der Waals surface area contributed by atoms with E-state index in [1.165, 1.54) is 0 Å². The highest BCUT2D eigenvalue weighted by atomic mass is 16.3. The molecule has 0 radical (unpaired) electrons. The van der Waals surface area contributed by atoms with Gasteiger partial charge >= 0.3 is 0 Å². The van der Waals surface area contributed by atoms with Crippen molar-refractivity contribution in [2.45, 2.75) is 38.2 Å². The Morgan fingerprint density at radius 3 is 2.86 bits per heavy atom. The molecule has 2 atom stereocenters. The molecule has 1 aromatic carbocycles. The van der Waals surface area contributed by atoms with Crippen LogP contribution in [0.1, 0.15) is 42.7 Å². The molecule has 4 heteroatoms. The van der Waals surface area contributed by atoms with Crippen LogP contribution in [0.5, 0.6) is 0 Å². The molecule has 22 heavy (non-hydrogen) atoms. The Balaban J connectivity index is 1.59. The van der Waals surface area contributed by atoms with E-state index in [9.17, 15) is 9.90 Å². The summed E-state index contributed by atoms with van der Waals surface area (Å²) in [5.74, 6) is 0.361. The highest BCUT2D eigenvalue weighted by Crippen LogP contribution is 2.45. The van der Waals surface area contributed by atoms with Crippen LogP contribution in [-0.2, 0) is 0 Å². The van der Waals surface area contributed by atoms with Crippen molar-refractivity contribution < 1.29 is 14.3 Å². The Labute approximate surface area is 129 Å². The third-order valence-electron chi connectivity index (χ3n) is 5.39. The number of rotatable bonds is 1. The summed E-state index contributed by atoms with van der Waals surface area (Å²) in [6.07, 6.45) is 4.68. The van der Waals surface area contributed by atoms with Gasteiger partial charge in [-0.15, -0.1) is 0 Å². The monoisotopic (exact) mass is 299 g/mol. The minimum absolute atomic E-state index is 0.0469. The third-order valence-corrected chi connectivity index (χ3v) is 5.39. The van der Waals surface area contributed by atoms with Crippen molar-refractivity contribution in [3.05, 3.63) is 36.1 Å². The number of likely N-dealkylation sites (tertiary alicyclic amines) is 1. The predicted octanol–water partition coefficient (Wildman–Crippen LogP) is 3.20. The number of aliphatic hydroxyl groups is 1. The van der Waals surface area contributed by atoms with Gasteiger partial charge in [0, 0.05) is 23.9 Å². The zero-order chi connectivity index (χ0) is 15.2. The van der Waals surface area contributed by atoms with E-state index >= 15 is 0 Å². The third kappa shape index (κ3) is 2.13. The van der Waals surface area contributed by atoms with Gasteiger partial charge in [0.2, 0.25) is 0 Å². The summed E-state index contributed by atoms with van der Waals surface area (Å²) < 4.78 is 5.71. The second-order valence-corrected chi connectivity index (χ2v) is 6.75. The van der Waals surface area contributed by atoms with Crippen LogP contribution in [0.4, 0.5) is 0 Å². The minimum Gasteiger partial charge on any atom is -0.451 e. The van der Waals surface area contributed by atoms with Crippen LogP contribution in [-0.4, -0.2) is 35.1 Å². The zero-order valence-corrected chi connectivity index (χ0v) is 12.6. The van der Waals surface area contributed by atoms with Gasteiger partial charge in [-0.05, 0) is 37.8 Å². The molecule has 0 bridgehead atoms. The number of hydrogen-bond donors (Lipinski definition) is 1. The van der Waals surface area contributed by atoms with E-state index in [1.54, 1.807) is 0 Å². The number of nitrogens with zero attached hydrogens (tertiary/aromatic N) is 1. The molecule has 1 amide bonds. The lowest BCUT2D eigenvalue weighted by Crippen LogP contribution is -2.49. The number of amides is 1. The minimum atomic E-state index is -0.265. The quantitative estimate of drug-likeness (QED) is 0.879. The number of hydrogen-bond acceptors (Lipinski definition) is 3. The van der Waals surface area contributed by atoms with Crippen molar-refractivity contribution in [1.29, 1.82) is 0 Å². The molecule has 2 aromatic rings. The molecule has 1 saturated heterocycles. The number of benzene rings is 1. The fraction of sp³-hybridized carbons (Fsp3) is 0.500. The summed E-state index contributed by atoms with van der Waals surface area (Å²) in [5.41, 5.74) is 0.665. The number of carbonyl (C=O) groups is 1. The Kier molecular flexibility index (Phi) is 3.22. The van der Waals surface area contributed by atoms with Crippen LogP contribution in [0.25, 0.3) is 11.0 Å². The molecular formula is C18H21NO3. The molecule has 1 spiro atoms. The molecule has 1 aromatic heterocycles. The van der Waals surface area contributed by atoms with E-state index < -0.39 is 0 Å². The van der Waals surface area contributed by atoms with E-state index in [1.807, 2.05) is 35.2 Å². The number of carbonyl (C=O) groups excluding carboxylic acids is 1. The van der Waals surface area contributed by atoms with Gasteiger partial charge < -0.3 is 14.4 Å². The standard InChI is InChI=1S/C18H21NO3/c20-16-7-3-8-18(16)9-4-10-19(12-18)17(21)15-11-13-5-1-2-6-14(13)22-15/h1-2,5-6,11,16,20H,3-4,7-10,12H2/t16-,18+/m1/s1. The summed E-state index contributed by atoms with van der Waals surface area (Å²) in [6, 6.07) is 9.50. The van der Waals surface area contributed by atoms with Gasteiger partial charge in [-0.1, -0.05) is 24.6 Å². The van der Waals surface area contributed by atoms with Gasteiger partial charge in [0.25, 0.3) is 5.91 Å². The fourth-order valence-corrected chi connectivity index (χ4v) is 4.17. The number of para-hydroxylation sites is 1. The largest absolute Gasteiger partial charge is 0.451 e. The molecular weight excluding hydrogens is 278 g/mol. The maximum atomic E-state index is 12.8. The van der Waals surface area contributed by atoms with Gasteiger partial charge in [-0.25, -0.2) is 0 Å². The van der Waals surface area contributed by atoms with Crippen molar-refractivity contribution in [3.63, 3.8) is 0 Å². The highest BCUT2D eigenvalue weighted by molar-refractivity contribution is 5.96. The molecule has 1 saturated carbocycles. The van der Waals surface area contributed by atoms with Gasteiger partial charge in [0.1, 0.15) is 5.58 Å². The van der Waals surface area contributed by atoms with Gasteiger partial charge in [0.15, 0.2) is 5.76 Å². The number of piperidine rings is 1. The molecule has 1 N–H and O–H groups in total. The van der Waals surface area contributed by atoms with Gasteiger partial charge in [0.05, 0.1) is 6.10 Å². The molecule has 4 nitrogen and oxygen atoms in total. The second kappa shape index (κ2) is 5.13. The summed E-state index contributed by atoms with van der Waals surface area (Å²) in [4.78, 5) is 14.6. The van der Waals surface area contributed by atoms with Crippen molar-refractivity contribution >= 4 is 16.9 Å². The van der Waals surface area contributed by atoms with Crippen molar-refractivity contribution in [1.82, 2.24) is 4.90 Å². The first-order valence-electron chi connectivity index (χ1n) is 8.14. The van der Waals surface area contributed by atoms with E-state index in [-0.39, 0.29) is 17.4 Å². The maximum absolute atomic E-state index is 12.8. The topological polar surface area (TPSA) is 53.7 Å². The smallest absolute Gasteiger partial charge is 0.289 e. The Morgan fingerprint density at radius 1 is 1.27 bits per heavy atom. The molecule has 1 aliphatic carbocycles. The fourth-order valence-electron chi connectivity index (χ4n) is 4.17. The Bertz CT molecular complexity index is 674. The molecule has 1 aliphatic heterocycles. The molecule has 0 unspecified atom stereocenters. The molecule has 2 heterocycles. The van der Waals surface area contributed by atoms with Crippen LogP contribution < -0.4 is 0 Å². The first kappa shape index (κ1) is 13.8. The van der Waals surface area contributed by atoms with E-state index in [0.717, 1.165) is 49.6 Å². The van der Waals surface area contributed by atoms with Crippen LogP contribution in [0.15, 0.2) is 34.7 Å². The summed E-state index contributed by atoms with van der Waals surface area (Å²) in [5, 5.41) is 11.3. The average Bonchev–Trinajstić information content (AvgIpc) is 3.11. The summed E-state index contributed by atoms with van der Waals surface area (Å²) in [6.45, 7) is 1.41. The number of aliphatic hydroxyl groups excluding tert-OH is 1. The van der Waals surface area contributed by atoms with E-state index in [0.29, 0.717) is 12.3 Å². The molecule has 2 fully saturated rings. The summed E-state index contributed by atoms with van der Waals surface area (Å²) in [7, 11) is 0. The maximum Gasteiger partial charge on any atom is 0.289 e. The van der Waals surface area contributed by atoms with Gasteiger partial charge in [-0.2, -0.15) is 0 Å². The average molecular weight is 299 g/mol. The summed E-state index contributed by atoms with van der Waals surface area (Å²) >= 11 is 0. The number of furan rings is 1. The molecule has 2 aliphatic rings. The second-order valence-electron chi connectivity index (χ2n) is 6.75. The van der Waals surface area contributed by atoms with Gasteiger partial charge in [-0.3, -0.25) is 4.79 Å².